The van der Waals surface area contributed by atoms with Gasteiger partial charge in [-0.3, -0.25) is 4.79 Å². The Morgan fingerprint density at radius 1 is 1.00 bits per heavy atom. The first-order chi connectivity index (χ1) is 11.6. The first-order valence-corrected chi connectivity index (χ1v) is 7.83. The number of aromatic nitrogens is 1. The van der Waals surface area contributed by atoms with Crippen molar-refractivity contribution in [2.75, 3.05) is 5.32 Å². The van der Waals surface area contributed by atoms with Gasteiger partial charge in [0.1, 0.15) is 10.9 Å². The zero-order valence-electron chi connectivity index (χ0n) is 12.4. The summed E-state index contributed by atoms with van der Waals surface area (Å²) >= 11 is 11.8. The molecule has 1 N–H and O–H groups in total. The summed E-state index contributed by atoms with van der Waals surface area (Å²) in [5.41, 5.74) is 0.844. The quantitative estimate of drug-likeness (QED) is 0.632. The van der Waals surface area contributed by atoms with Crippen LogP contribution in [0.2, 0.25) is 10.2 Å². The molecular weight excluding hydrogens is 347 g/mol. The Balaban J connectivity index is 1.85. The van der Waals surface area contributed by atoms with Gasteiger partial charge in [0.2, 0.25) is 0 Å². The smallest absolute Gasteiger partial charge is 0.257 e. The second-order valence-electron chi connectivity index (χ2n) is 4.88. The molecule has 3 aromatic rings. The molecule has 0 bridgehead atoms. The van der Waals surface area contributed by atoms with E-state index in [1.165, 1.54) is 6.20 Å². The maximum Gasteiger partial charge on any atom is 0.257 e. The summed E-state index contributed by atoms with van der Waals surface area (Å²) in [6.07, 6.45) is 1.40. The van der Waals surface area contributed by atoms with Crippen LogP contribution in [-0.4, -0.2) is 10.9 Å². The summed E-state index contributed by atoms with van der Waals surface area (Å²) in [6.45, 7) is 0. The normalized spacial score (nSPS) is 10.2. The molecule has 0 spiro atoms. The third-order valence-electron chi connectivity index (χ3n) is 3.15. The molecule has 3 rings (SSSR count). The zero-order valence-corrected chi connectivity index (χ0v) is 13.9. The van der Waals surface area contributed by atoms with Crippen LogP contribution in [0.5, 0.6) is 11.5 Å². The van der Waals surface area contributed by atoms with E-state index in [-0.39, 0.29) is 5.91 Å². The van der Waals surface area contributed by atoms with E-state index in [1.807, 2.05) is 30.3 Å². The molecule has 6 heteroatoms. The summed E-state index contributed by atoms with van der Waals surface area (Å²) in [5.74, 6) is 0.809. The minimum atomic E-state index is -0.334. The lowest BCUT2D eigenvalue weighted by molar-refractivity contribution is 0.102. The van der Waals surface area contributed by atoms with Crippen molar-refractivity contribution in [2.24, 2.45) is 0 Å². The molecule has 1 amide bonds. The van der Waals surface area contributed by atoms with Crippen molar-refractivity contribution in [3.63, 3.8) is 0 Å². The molecule has 1 heterocycles. The molecule has 24 heavy (non-hydrogen) atoms. The number of hydrogen-bond donors (Lipinski definition) is 1. The van der Waals surface area contributed by atoms with Crippen LogP contribution in [0.15, 0.2) is 66.9 Å². The van der Waals surface area contributed by atoms with E-state index in [4.69, 9.17) is 27.9 Å². The monoisotopic (exact) mass is 358 g/mol. The number of anilines is 1. The van der Waals surface area contributed by atoms with Gasteiger partial charge in [0.15, 0.2) is 5.75 Å². The van der Waals surface area contributed by atoms with E-state index in [1.54, 1.807) is 30.3 Å². The van der Waals surface area contributed by atoms with Crippen LogP contribution < -0.4 is 10.1 Å². The summed E-state index contributed by atoms with van der Waals surface area (Å²) in [7, 11) is 0. The van der Waals surface area contributed by atoms with Crippen LogP contribution in [-0.2, 0) is 0 Å². The van der Waals surface area contributed by atoms with Crippen molar-refractivity contribution in [3.8, 4) is 11.5 Å². The molecule has 0 aliphatic carbocycles. The lowest BCUT2D eigenvalue weighted by atomic mass is 10.2. The number of pyridine rings is 1. The predicted molar refractivity (Wildman–Crippen MR) is 95.2 cm³/mol. The Bertz CT molecular complexity index is 853. The van der Waals surface area contributed by atoms with E-state index in [9.17, 15) is 4.79 Å². The van der Waals surface area contributed by atoms with Gasteiger partial charge in [0.05, 0.1) is 11.3 Å². The maximum atomic E-state index is 12.3. The Morgan fingerprint density at radius 3 is 2.50 bits per heavy atom. The van der Waals surface area contributed by atoms with Crippen molar-refractivity contribution >= 4 is 34.8 Å². The number of hydrogen-bond acceptors (Lipinski definition) is 3. The van der Waals surface area contributed by atoms with E-state index < -0.39 is 0 Å². The van der Waals surface area contributed by atoms with Crippen LogP contribution >= 0.6 is 23.2 Å². The van der Waals surface area contributed by atoms with E-state index in [0.717, 1.165) is 0 Å². The van der Waals surface area contributed by atoms with Gasteiger partial charge in [-0.25, -0.2) is 4.98 Å². The Kier molecular flexibility index (Phi) is 4.99. The number of nitrogens with one attached hydrogen (secondary N) is 1. The second kappa shape index (κ2) is 7.34. The minimum Gasteiger partial charge on any atom is -0.455 e. The number of nitrogens with zero attached hydrogens (tertiary/aromatic N) is 1. The highest BCUT2D eigenvalue weighted by Crippen LogP contribution is 2.32. The molecule has 0 atom stereocenters. The van der Waals surface area contributed by atoms with Crippen LogP contribution in [0.3, 0.4) is 0 Å². The highest BCUT2D eigenvalue weighted by molar-refractivity contribution is 6.31. The molecule has 2 aromatic carbocycles. The van der Waals surface area contributed by atoms with Crippen molar-refractivity contribution < 1.29 is 9.53 Å². The number of benzene rings is 2. The first-order valence-electron chi connectivity index (χ1n) is 7.07. The zero-order chi connectivity index (χ0) is 16.9. The number of amides is 1. The molecule has 4 nitrogen and oxygen atoms in total. The number of carbonyl (C=O) groups excluding carboxylic acids is 1. The SMILES string of the molecule is O=C(Nc1cc(Cl)ccc1Oc1ccccc1)c1ccc(Cl)nc1. The molecule has 0 aliphatic heterocycles. The fraction of sp³-hybridized carbons (Fsp3) is 0. The number of ether oxygens (including phenoxy) is 1. The number of para-hydroxylation sites is 1. The van der Waals surface area contributed by atoms with Gasteiger partial charge in [-0.05, 0) is 42.5 Å². The summed E-state index contributed by atoms with van der Waals surface area (Å²) < 4.78 is 5.81. The molecule has 120 valence electrons. The molecule has 0 radical (unpaired) electrons. The second-order valence-corrected chi connectivity index (χ2v) is 5.70. The summed E-state index contributed by atoms with van der Waals surface area (Å²) in [5, 5.41) is 3.58. The van der Waals surface area contributed by atoms with Crippen molar-refractivity contribution in [2.45, 2.75) is 0 Å². The van der Waals surface area contributed by atoms with Crippen LogP contribution in [0.1, 0.15) is 10.4 Å². The van der Waals surface area contributed by atoms with E-state index >= 15 is 0 Å². The highest BCUT2D eigenvalue weighted by Gasteiger charge is 2.12. The lowest BCUT2D eigenvalue weighted by Gasteiger charge is -2.13. The average Bonchev–Trinajstić information content (AvgIpc) is 2.59. The Morgan fingerprint density at radius 2 is 1.79 bits per heavy atom. The molecule has 0 aliphatic rings. The molecular formula is C18H12Cl2N2O2. The standard InChI is InChI=1S/C18H12Cl2N2O2/c19-13-7-8-16(24-14-4-2-1-3-5-14)15(10-13)22-18(23)12-6-9-17(20)21-11-12/h1-11H,(H,22,23). The minimum absolute atomic E-state index is 0.322. The van der Waals surface area contributed by atoms with Gasteiger partial charge in [-0.15, -0.1) is 0 Å². The molecule has 0 fully saturated rings. The third-order valence-corrected chi connectivity index (χ3v) is 3.61. The highest BCUT2D eigenvalue weighted by atomic mass is 35.5. The van der Waals surface area contributed by atoms with Gasteiger partial charge in [-0.2, -0.15) is 0 Å². The number of halogens is 2. The Labute approximate surface area is 149 Å². The van der Waals surface area contributed by atoms with Gasteiger partial charge in [-0.1, -0.05) is 41.4 Å². The topological polar surface area (TPSA) is 51.2 Å². The van der Waals surface area contributed by atoms with Crippen molar-refractivity contribution in [3.05, 3.63) is 82.6 Å². The Hall–Kier alpha value is -2.56. The maximum absolute atomic E-state index is 12.3. The molecule has 0 saturated heterocycles. The van der Waals surface area contributed by atoms with Gasteiger partial charge >= 0.3 is 0 Å². The van der Waals surface area contributed by atoms with Crippen LogP contribution in [0.25, 0.3) is 0 Å². The summed E-state index contributed by atoms with van der Waals surface area (Å²) in [6, 6.07) is 17.4. The van der Waals surface area contributed by atoms with E-state index in [2.05, 4.69) is 10.3 Å². The number of carbonyl (C=O) groups is 1. The molecule has 0 unspecified atom stereocenters. The molecule has 1 aromatic heterocycles. The van der Waals surface area contributed by atoms with Crippen LogP contribution in [0, 0.1) is 0 Å². The average molecular weight is 359 g/mol. The van der Waals surface area contributed by atoms with Gasteiger partial charge in [0, 0.05) is 11.2 Å². The fourth-order valence-electron chi connectivity index (χ4n) is 2.01. The molecule has 0 saturated carbocycles. The van der Waals surface area contributed by atoms with Gasteiger partial charge in [0.25, 0.3) is 5.91 Å². The van der Waals surface area contributed by atoms with Crippen LogP contribution in [0.4, 0.5) is 5.69 Å². The predicted octanol–water partition coefficient (Wildman–Crippen LogP) is 5.43. The van der Waals surface area contributed by atoms with E-state index in [0.29, 0.717) is 32.9 Å². The lowest BCUT2D eigenvalue weighted by Crippen LogP contribution is -2.12. The van der Waals surface area contributed by atoms with Crippen molar-refractivity contribution in [1.82, 2.24) is 4.98 Å². The number of rotatable bonds is 4. The third kappa shape index (κ3) is 4.04. The summed E-state index contributed by atoms with van der Waals surface area (Å²) in [4.78, 5) is 16.2. The first kappa shape index (κ1) is 16.3. The fourth-order valence-corrected chi connectivity index (χ4v) is 2.29. The largest absolute Gasteiger partial charge is 0.455 e. The van der Waals surface area contributed by atoms with Crippen molar-refractivity contribution in [1.29, 1.82) is 0 Å². The van der Waals surface area contributed by atoms with Gasteiger partial charge < -0.3 is 10.1 Å².